The van der Waals surface area contributed by atoms with Gasteiger partial charge in [0.1, 0.15) is 12.1 Å². The van der Waals surface area contributed by atoms with Gasteiger partial charge in [0.25, 0.3) is 0 Å². The Hall–Kier alpha value is -1.41. The molecule has 22 heavy (non-hydrogen) atoms. The lowest BCUT2D eigenvalue weighted by molar-refractivity contribution is -0.144. The number of aromatic nitrogens is 3. The van der Waals surface area contributed by atoms with Crippen LogP contribution in [-0.4, -0.2) is 27.5 Å². The van der Waals surface area contributed by atoms with Crippen LogP contribution in [0.15, 0.2) is 17.5 Å². The van der Waals surface area contributed by atoms with Crippen LogP contribution >= 0.6 is 11.3 Å². The second-order valence-electron chi connectivity index (χ2n) is 5.56. The molecule has 1 aliphatic rings. The summed E-state index contributed by atoms with van der Waals surface area (Å²) in [5, 5.41) is 5.99. The summed E-state index contributed by atoms with van der Waals surface area (Å²) in [7, 11) is 0. The minimum Gasteiger partial charge on any atom is -0.367 e. The van der Waals surface area contributed by atoms with Gasteiger partial charge < -0.3 is 4.74 Å². The number of rotatable bonds is 4. The number of halogens is 3. The summed E-state index contributed by atoms with van der Waals surface area (Å²) in [4.78, 5) is 5.38. The zero-order valence-electron chi connectivity index (χ0n) is 12.1. The molecule has 0 bridgehead atoms. The molecule has 3 heterocycles. The largest absolute Gasteiger partial charge is 0.408 e. The maximum atomic E-state index is 12.8. The van der Waals surface area contributed by atoms with Crippen LogP contribution in [0.25, 0.3) is 0 Å². The third-order valence-electron chi connectivity index (χ3n) is 3.65. The van der Waals surface area contributed by atoms with Crippen molar-refractivity contribution in [2.75, 3.05) is 6.61 Å². The molecule has 0 aliphatic carbocycles. The quantitative estimate of drug-likeness (QED) is 0.861. The van der Waals surface area contributed by atoms with Crippen LogP contribution < -0.4 is 0 Å². The van der Waals surface area contributed by atoms with E-state index in [2.05, 4.69) is 10.1 Å². The van der Waals surface area contributed by atoms with E-state index in [4.69, 9.17) is 4.74 Å². The van der Waals surface area contributed by atoms with Gasteiger partial charge >= 0.3 is 6.18 Å². The SMILES string of the molecule is CC1(c2nc(Cc3cccs3)nn2CC(F)(F)F)CCCO1. The number of thiophene rings is 1. The van der Waals surface area contributed by atoms with Crippen molar-refractivity contribution < 1.29 is 17.9 Å². The molecule has 8 heteroatoms. The molecular formula is C14H16F3N3OS. The fraction of sp³-hybridized carbons (Fsp3) is 0.571. The van der Waals surface area contributed by atoms with Gasteiger partial charge in [-0.15, -0.1) is 11.3 Å². The number of ether oxygens (including phenoxy) is 1. The number of hydrogen-bond donors (Lipinski definition) is 0. The molecule has 3 rings (SSSR count). The van der Waals surface area contributed by atoms with Crippen LogP contribution in [0.4, 0.5) is 13.2 Å². The van der Waals surface area contributed by atoms with Crippen molar-refractivity contribution in [3.8, 4) is 0 Å². The molecule has 1 unspecified atom stereocenters. The van der Waals surface area contributed by atoms with Crippen molar-refractivity contribution in [2.24, 2.45) is 0 Å². The number of alkyl halides is 3. The monoisotopic (exact) mass is 331 g/mol. The van der Waals surface area contributed by atoms with Gasteiger partial charge in [0.15, 0.2) is 11.6 Å². The van der Waals surface area contributed by atoms with E-state index in [9.17, 15) is 13.2 Å². The molecular weight excluding hydrogens is 315 g/mol. The first-order valence-corrected chi connectivity index (χ1v) is 7.91. The first-order chi connectivity index (χ1) is 10.4. The fourth-order valence-corrected chi connectivity index (χ4v) is 3.36. The molecule has 120 valence electrons. The van der Waals surface area contributed by atoms with Crippen LogP contribution in [-0.2, 0) is 23.3 Å². The minimum absolute atomic E-state index is 0.272. The van der Waals surface area contributed by atoms with Gasteiger partial charge in [-0.1, -0.05) is 6.07 Å². The van der Waals surface area contributed by atoms with Gasteiger partial charge in [0.05, 0.1) is 0 Å². The van der Waals surface area contributed by atoms with E-state index in [1.807, 2.05) is 17.5 Å². The molecule has 4 nitrogen and oxygen atoms in total. The van der Waals surface area contributed by atoms with Crippen molar-refractivity contribution in [1.82, 2.24) is 14.8 Å². The van der Waals surface area contributed by atoms with E-state index >= 15 is 0 Å². The Balaban J connectivity index is 1.93. The van der Waals surface area contributed by atoms with E-state index < -0.39 is 18.3 Å². The predicted octanol–water partition coefficient (Wildman–Crippen LogP) is 3.52. The second kappa shape index (κ2) is 5.66. The van der Waals surface area contributed by atoms with Gasteiger partial charge in [-0.05, 0) is 31.2 Å². The van der Waals surface area contributed by atoms with Gasteiger partial charge in [-0.2, -0.15) is 18.3 Å². The molecule has 2 aromatic rings. The number of nitrogens with zero attached hydrogens (tertiary/aromatic N) is 3. The molecule has 0 amide bonds. The molecule has 0 radical (unpaired) electrons. The smallest absolute Gasteiger partial charge is 0.367 e. The highest BCUT2D eigenvalue weighted by molar-refractivity contribution is 7.09. The van der Waals surface area contributed by atoms with Gasteiger partial charge in [-0.25, -0.2) is 9.67 Å². The normalized spacial score (nSPS) is 22.4. The molecule has 2 aromatic heterocycles. The first-order valence-electron chi connectivity index (χ1n) is 7.03. The lowest BCUT2D eigenvalue weighted by Crippen LogP contribution is -2.29. The van der Waals surface area contributed by atoms with Gasteiger partial charge in [0.2, 0.25) is 0 Å². The van der Waals surface area contributed by atoms with Gasteiger partial charge in [-0.3, -0.25) is 0 Å². The summed E-state index contributed by atoms with van der Waals surface area (Å²) in [6.45, 7) is 1.18. The highest BCUT2D eigenvalue weighted by atomic mass is 32.1. The Morgan fingerprint density at radius 2 is 2.27 bits per heavy atom. The van der Waals surface area contributed by atoms with Crippen LogP contribution in [0.2, 0.25) is 0 Å². The highest BCUT2D eigenvalue weighted by Gasteiger charge is 2.40. The Morgan fingerprint density at radius 3 is 2.86 bits per heavy atom. The third kappa shape index (κ3) is 3.33. The highest BCUT2D eigenvalue weighted by Crippen LogP contribution is 2.35. The van der Waals surface area contributed by atoms with Crippen molar-refractivity contribution >= 4 is 11.3 Å². The summed E-state index contributed by atoms with van der Waals surface area (Å²) in [6, 6.07) is 3.82. The molecule has 0 saturated carbocycles. The Morgan fingerprint density at radius 1 is 1.45 bits per heavy atom. The van der Waals surface area contributed by atoms with E-state index in [0.29, 0.717) is 25.3 Å². The van der Waals surface area contributed by atoms with Gasteiger partial charge in [0, 0.05) is 17.9 Å². The Bertz CT molecular complexity index is 630. The molecule has 1 saturated heterocycles. The third-order valence-corrected chi connectivity index (χ3v) is 4.53. The lowest BCUT2D eigenvalue weighted by Gasteiger charge is -2.22. The molecule has 1 fully saturated rings. The average molecular weight is 331 g/mol. The standard InChI is InChI=1S/C14H16F3N3OS/c1-13(5-3-6-21-13)12-18-11(8-10-4-2-7-22-10)19-20(12)9-14(15,16)17/h2,4,7H,3,5-6,8-9H2,1H3. The fourth-order valence-electron chi connectivity index (χ4n) is 2.66. The summed E-state index contributed by atoms with van der Waals surface area (Å²) in [6.07, 6.45) is -2.43. The zero-order chi connectivity index (χ0) is 15.8. The Kier molecular flexibility index (Phi) is 3.98. The summed E-state index contributed by atoms with van der Waals surface area (Å²) in [5.41, 5.74) is -0.786. The number of hydrogen-bond acceptors (Lipinski definition) is 4. The Labute approximate surface area is 129 Å². The topological polar surface area (TPSA) is 39.9 Å². The molecule has 0 aromatic carbocycles. The van der Waals surface area contributed by atoms with Crippen LogP contribution in [0.1, 0.15) is 36.3 Å². The predicted molar refractivity (Wildman–Crippen MR) is 75.7 cm³/mol. The second-order valence-corrected chi connectivity index (χ2v) is 6.60. The van der Waals surface area contributed by atoms with Crippen LogP contribution in [0, 0.1) is 0 Å². The van der Waals surface area contributed by atoms with Crippen molar-refractivity contribution in [3.05, 3.63) is 34.0 Å². The van der Waals surface area contributed by atoms with E-state index in [-0.39, 0.29) is 5.82 Å². The zero-order valence-corrected chi connectivity index (χ0v) is 12.9. The summed E-state index contributed by atoms with van der Waals surface area (Å²) in [5.74, 6) is 0.673. The average Bonchev–Trinajstić information content (AvgIpc) is 3.10. The van der Waals surface area contributed by atoms with E-state index in [0.717, 1.165) is 16.0 Å². The first kappa shape index (κ1) is 15.5. The van der Waals surface area contributed by atoms with E-state index in [1.54, 1.807) is 6.92 Å². The summed E-state index contributed by atoms with van der Waals surface area (Å²) < 4.78 is 45.0. The van der Waals surface area contributed by atoms with Crippen LogP contribution in [0.3, 0.4) is 0 Å². The maximum Gasteiger partial charge on any atom is 0.408 e. The molecule has 1 aliphatic heterocycles. The molecule has 1 atom stereocenters. The van der Waals surface area contributed by atoms with Crippen molar-refractivity contribution in [2.45, 2.75) is 44.5 Å². The molecule has 0 N–H and O–H groups in total. The maximum absolute atomic E-state index is 12.8. The van der Waals surface area contributed by atoms with Crippen molar-refractivity contribution in [3.63, 3.8) is 0 Å². The van der Waals surface area contributed by atoms with Crippen LogP contribution in [0.5, 0.6) is 0 Å². The molecule has 0 spiro atoms. The van der Waals surface area contributed by atoms with E-state index in [1.165, 1.54) is 11.3 Å². The lowest BCUT2D eigenvalue weighted by atomic mass is 10.0. The summed E-state index contributed by atoms with van der Waals surface area (Å²) >= 11 is 1.53. The van der Waals surface area contributed by atoms with Crippen molar-refractivity contribution in [1.29, 1.82) is 0 Å². The minimum atomic E-state index is -4.34.